The summed E-state index contributed by atoms with van der Waals surface area (Å²) in [6.07, 6.45) is -0.279. The van der Waals surface area contributed by atoms with Crippen LogP contribution in [0.25, 0.3) is 10.9 Å². The summed E-state index contributed by atoms with van der Waals surface area (Å²) in [6.45, 7) is 5.44. The summed E-state index contributed by atoms with van der Waals surface area (Å²) in [7, 11) is 0. The molecule has 23 heavy (non-hydrogen) atoms. The van der Waals surface area contributed by atoms with Crippen LogP contribution < -0.4 is 0 Å². The van der Waals surface area contributed by atoms with Gasteiger partial charge in [0.1, 0.15) is 0 Å². The molecule has 1 fully saturated rings. The largest absolute Gasteiger partial charge is 0.338 e. The van der Waals surface area contributed by atoms with E-state index in [0.29, 0.717) is 11.3 Å². The predicted molar refractivity (Wildman–Crippen MR) is 85.8 cm³/mol. The molecule has 122 valence electrons. The molecule has 0 N–H and O–H groups in total. The van der Waals surface area contributed by atoms with Crippen LogP contribution in [0.4, 0.5) is 8.78 Å². The molecule has 2 aromatic rings. The number of aryl methyl sites for hydroxylation is 2. The summed E-state index contributed by atoms with van der Waals surface area (Å²) < 4.78 is 27.2. The molecular formula is C18H20F2N2O. The fourth-order valence-corrected chi connectivity index (χ4v) is 3.03. The molecule has 1 aromatic carbocycles. The van der Waals surface area contributed by atoms with E-state index >= 15 is 0 Å². The van der Waals surface area contributed by atoms with E-state index in [-0.39, 0.29) is 25.4 Å². The van der Waals surface area contributed by atoms with Crippen molar-refractivity contribution < 1.29 is 13.6 Å². The number of piperidine rings is 1. The van der Waals surface area contributed by atoms with E-state index < -0.39 is 11.8 Å². The Morgan fingerprint density at radius 3 is 2.74 bits per heavy atom. The van der Waals surface area contributed by atoms with Gasteiger partial charge in [0.05, 0.1) is 16.8 Å². The summed E-state index contributed by atoms with van der Waals surface area (Å²) in [5, 5.41) is 0.889. The van der Waals surface area contributed by atoms with E-state index in [1.54, 1.807) is 6.92 Å². The molecule has 5 heteroatoms. The second kappa shape index (κ2) is 5.55. The molecule has 1 aromatic heterocycles. The Balaban J connectivity index is 1.92. The lowest BCUT2D eigenvalue weighted by molar-refractivity contribution is -0.0921. The maximum absolute atomic E-state index is 13.6. The van der Waals surface area contributed by atoms with Crippen molar-refractivity contribution in [1.82, 2.24) is 9.88 Å². The van der Waals surface area contributed by atoms with Crippen molar-refractivity contribution in [2.75, 3.05) is 13.1 Å². The molecule has 2 heterocycles. The van der Waals surface area contributed by atoms with Gasteiger partial charge in [-0.1, -0.05) is 19.1 Å². The van der Waals surface area contributed by atoms with Gasteiger partial charge in [0.25, 0.3) is 11.8 Å². The van der Waals surface area contributed by atoms with E-state index in [9.17, 15) is 13.6 Å². The van der Waals surface area contributed by atoms with Crippen LogP contribution >= 0.6 is 0 Å². The Bertz CT molecular complexity index is 773. The molecule has 0 spiro atoms. The van der Waals surface area contributed by atoms with Crippen LogP contribution in [0, 0.1) is 19.8 Å². The smallest absolute Gasteiger partial charge is 0.255 e. The second-order valence-electron chi connectivity index (χ2n) is 6.48. The van der Waals surface area contributed by atoms with Gasteiger partial charge in [0.15, 0.2) is 0 Å². The number of hydrogen-bond donors (Lipinski definition) is 0. The van der Waals surface area contributed by atoms with Gasteiger partial charge in [-0.15, -0.1) is 0 Å². The SMILES string of the molecule is Cc1ccc2cc(C(=O)N3CCC(F)(F)C(C)C3)c(C)nc2c1. The molecule has 1 aliphatic rings. The first-order chi connectivity index (χ1) is 10.8. The van der Waals surface area contributed by atoms with E-state index in [1.165, 1.54) is 11.8 Å². The highest BCUT2D eigenvalue weighted by Gasteiger charge is 2.42. The number of hydrogen-bond acceptors (Lipinski definition) is 2. The minimum Gasteiger partial charge on any atom is -0.338 e. The van der Waals surface area contributed by atoms with Crippen molar-refractivity contribution in [3.63, 3.8) is 0 Å². The van der Waals surface area contributed by atoms with Gasteiger partial charge in [0.2, 0.25) is 0 Å². The van der Waals surface area contributed by atoms with Crippen molar-refractivity contribution >= 4 is 16.8 Å². The van der Waals surface area contributed by atoms with Gasteiger partial charge < -0.3 is 4.90 Å². The topological polar surface area (TPSA) is 33.2 Å². The number of alkyl halides is 2. The highest BCUT2D eigenvalue weighted by Crippen LogP contribution is 2.33. The van der Waals surface area contributed by atoms with E-state index in [2.05, 4.69) is 4.98 Å². The third-order valence-corrected chi connectivity index (χ3v) is 4.61. The normalized spacial score (nSPS) is 20.7. The number of rotatable bonds is 1. The Morgan fingerprint density at radius 1 is 1.30 bits per heavy atom. The molecule has 0 radical (unpaired) electrons. The van der Waals surface area contributed by atoms with Crippen LogP contribution in [-0.4, -0.2) is 34.8 Å². The Hall–Kier alpha value is -2.04. The zero-order chi connectivity index (χ0) is 16.8. The lowest BCUT2D eigenvalue weighted by Gasteiger charge is -2.36. The summed E-state index contributed by atoms with van der Waals surface area (Å²) >= 11 is 0. The molecule has 1 atom stereocenters. The second-order valence-corrected chi connectivity index (χ2v) is 6.48. The number of likely N-dealkylation sites (tertiary alicyclic amines) is 1. The van der Waals surface area contributed by atoms with Crippen LogP contribution in [-0.2, 0) is 0 Å². The Labute approximate surface area is 134 Å². The number of amides is 1. The first kappa shape index (κ1) is 15.8. The quantitative estimate of drug-likeness (QED) is 0.797. The average Bonchev–Trinajstić information content (AvgIpc) is 2.48. The van der Waals surface area contributed by atoms with Crippen LogP contribution in [0.3, 0.4) is 0 Å². The van der Waals surface area contributed by atoms with Crippen molar-refractivity contribution in [3.05, 3.63) is 41.1 Å². The number of aromatic nitrogens is 1. The number of benzene rings is 1. The number of nitrogens with zero attached hydrogens (tertiary/aromatic N) is 2. The molecule has 0 saturated carbocycles. The standard InChI is InChI=1S/C18H20F2N2O/c1-11-4-5-14-9-15(13(3)21-16(14)8-11)17(23)22-7-6-18(19,20)12(2)10-22/h4-5,8-9,12H,6-7,10H2,1-3H3. The average molecular weight is 318 g/mol. The van der Waals surface area contributed by atoms with Gasteiger partial charge in [-0.3, -0.25) is 9.78 Å². The molecule has 1 amide bonds. The number of fused-ring (bicyclic) bond motifs is 1. The molecule has 1 unspecified atom stereocenters. The Kier molecular flexibility index (Phi) is 3.82. The fourth-order valence-electron chi connectivity index (χ4n) is 3.03. The van der Waals surface area contributed by atoms with Gasteiger partial charge in [-0.05, 0) is 31.5 Å². The van der Waals surface area contributed by atoms with E-state index in [1.807, 2.05) is 31.2 Å². The first-order valence-electron chi connectivity index (χ1n) is 7.83. The third-order valence-electron chi connectivity index (χ3n) is 4.61. The lowest BCUT2D eigenvalue weighted by Crippen LogP contribution is -2.48. The van der Waals surface area contributed by atoms with Crippen LogP contribution in [0.15, 0.2) is 24.3 Å². The van der Waals surface area contributed by atoms with Crippen LogP contribution in [0.1, 0.15) is 35.0 Å². The highest BCUT2D eigenvalue weighted by molar-refractivity contribution is 5.98. The number of pyridine rings is 1. The van der Waals surface area contributed by atoms with E-state index in [4.69, 9.17) is 0 Å². The number of carbonyl (C=O) groups is 1. The van der Waals surface area contributed by atoms with Crippen molar-refractivity contribution in [1.29, 1.82) is 0 Å². The first-order valence-corrected chi connectivity index (χ1v) is 7.83. The molecule has 1 saturated heterocycles. The third kappa shape index (κ3) is 2.92. The summed E-state index contributed by atoms with van der Waals surface area (Å²) in [5.41, 5.74) is 3.09. The van der Waals surface area contributed by atoms with Crippen LogP contribution in [0.2, 0.25) is 0 Å². The maximum atomic E-state index is 13.6. The van der Waals surface area contributed by atoms with Crippen molar-refractivity contribution in [2.45, 2.75) is 33.1 Å². The predicted octanol–water partition coefficient (Wildman–Crippen LogP) is 3.97. The monoisotopic (exact) mass is 318 g/mol. The van der Waals surface area contributed by atoms with Gasteiger partial charge >= 0.3 is 0 Å². The molecule has 0 bridgehead atoms. The van der Waals surface area contributed by atoms with Crippen LogP contribution in [0.5, 0.6) is 0 Å². The molecule has 1 aliphatic heterocycles. The van der Waals surface area contributed by atoms with Crippen molar-refractivity contribution in [2.24, 2.45) is 5.92 Å². The number of carbonyl (C=O) groups excluding carboxylic acids is 1. The summed E-state index contributed by atoms with van der Waals surface area (Å²) in [6, 6.07) is 7.69. The molecule has 3 rings (SSSR count). The molecular weight excluding hydrogens is 298 g/mol. The molecule has 3 nitrogen and oxygen atoms in total. The van der Waals surface area contributed by atoms with Crippen molar-refractivity contribution in [3.8, 4) is 0 Å². The lowest BCUT2D eigenvalue weighted by atomic mass is 9.94. The van der Waals surface area contributed by atoms with Gasteiger partial charge in [0, 0.05) is 30.8 Å². The Morgan fingerprint density at radius 2 is 2.04 bits per heavy atom. The van der Waals surface area contributed by atoms with Gasteiger partial charge in [-0.25, -0.2) is 8.78 Å². The van der Waals surface area contributed by atoms with E-state index in [0.717, 1.165) is 16.5 Å². The minimum atomic E-state index is -2.69. The van der Waals surface area contributed by atoms with Gasteiger partial charge in [-0.2, -0.15) is 0 Å². The minimum absolute atomic E-state index is 0.0806. The zero-order valence-corrected chi connectivity index (χ0v) is 13.6. The zero-order valence-electron chi connectivity index (χ0n) is 13.6. The summed E-state index contributed by atoms with van der Waals surface area (Å²) in [4.78, 5) is 18.8. The highest BCUT2D eigenvalue weighted by atomic mass is 19.3. The summed E-state index contributed by atoms with van der Waals surface area (Å²) in [5.74, 6) is -3.72. The maximum Gasteiger partial charge on any atom is 0.255 e. The molecule has 0 aliphatic carbocycles. The number of halogens is 2. The fraction of sp³-hybridized carbons (Fsp3) is 0.444.